The van der Waals surface area contributed by atoms with Crippen LogP contribution in [0.4, 0.5) is 15.2 Å². The van der Waals surface area contributed by atoms with Crippen LogP contribution in [0.2, 0.25) is 0 Å². The van der Waals surface area contributed by atoms with E-state index in [0.29, 0.717) is 49.3 Å². The largest absolute Gasteiger partial charge is 0.462 e. The maximum Gasteiger partial charge on any atom is 0.338 e. The van der Waals surface area contributed by atoms with E-state index in [9.17, 15) is 14.0 Å². The lowest BCUT2D eigenvalue weighted by atomic mass is 9.96. The van der Waals surface area contributed by atoms with Crippen LogP contribution in [-0.2, 0) is 9.53 Å². The zero-order valence-corrected chi connectivity index (χ0v) is 18.8. The fourth-order valence-electron chi connectivity index (χ4n) is 3.70. The molecule has 2 heterocycles. The number of esters is 1. The second-order valence-corrected chi connectivity index (χ2v) is 8.91. The summed E-state index contributed by atoms with van der Waals surface area (Å²) in [5.74, 6) is -0.785. The number of nitrogens with zero attached hydrogens (tertiary/aromatic N) is 2. The average molecular weight is 456 g/mol. The van der Waals surface area contributed by atoms with Crippen LogP contribution in [0.15, 0.2) is 42.5 Å². The van der Waals surface area contributed by atoms with Crippen molar-refractivity contribution in [3.05, 3.63) is 53.8 Å². The third-order valence-corrected chi connectivity index (χ3v) is 6.70. The van der Waals surface area contributed by atoms with Gasteiger partial charge in [-0.15, -0.1) is 0 Å². The normalized spacial score (nSPS) is 14.5. The molecule has 1 aliphatic rings. The number of amides is 1. The molecular formula is C24H26FN3O3S. The fourth-order valence-corrected chi connectivity index (χ4v) is 4.73. The van der Waals surface area contributed by atoms with Crippen molar-refractivity contribution < 1.29 is 18.7 Å². The Labute approximate surface area is 190 Å². The van der Waals surface area contributed by atoms with Gasteiger partial charge in [0.1, 0.15) is 11.3 Å². The number of hydrogen-bond acceptors (Lipinski definition) is 6. The SMILES string of the molecule is CCCCOC(=O)c1ccc(NC(=O)C2CCN(c3nc4c(F)cccc4s3)CC2)cc1. The number of rotatable bonds is 7. The number of carbonyl (C=O) groups is 2. The maximum absolute atomic E-state index is 13.9. The van der Waals surface area contributed by atoms with Gasteiger partial charge in [-0.2, -0.15) is 0 Å². The molecule has 2 aromatic carbocycles. The maximum atomic E-state index is 13.9. The van der Waals surface area contributed by atoms with E-state index >= 15 is 0 Å². The number of halogens is 1. The quantitative estimate of drug-likeness (QED) is 0.389. The predicted octanol–water partition coefficient (Wildman–Crippen LogP) is 5.25. The van der Waals surface area contributed by atoms with E-state index in [1.54, 1.807) is 30.3 Å². The van der Waals surface area contributed by atoms with E-state index in [1.165, 1.54) is 17.4 Å². The summed E-state index contributed by atoms with van der Waals surface area (Å²) in [4.78, 5) is 31.3. The van der Waals surface area contributed by atoms with Crippen LogP contribution in [0.25, 0.3) is 10.2 Å². The van der Waals surface area contributed by atoms with Crippen molar-refractivity contribution in [2.45, 2.75) is 32.6 Å². The Morgan fingerprint density at radius 3 is 2.62 bits per heavy atom. The Balaban J connectivity index is 1.29. The van der Waals surface area contributed by atoms with Crippen molar-refractivity contribution in [2.24, 2.45) is 5.92 Å². The smallest absolute Gasteiger partial charge is 0.338 e. The summed E-state index contributed by atoms with van der Waals surface area (Å²) in [6, 6.07) is 11.8. The molecule has 0 atom stereocenters. The van der Waals surface area contributed by atoms with Crippen LogP contribution in [0.5, 0.6) is 0 Å². The van der Waals surface area contributed by atoms with Crippen LogP contribution >= 0.6 is 11.3 Å². The summed E-state index contributed by atoms with van der Waals surface area (Å²) in [6.45, 7) is 3.85. The van der Waals surface area contributed by atoms with Gasteiger partial charge < -0.3 is 15.0 Å². The zero-order valence-electron chi connectivity index (χ0n) is 18.0. The number of benzene rings is 2. The molecule has 4 rings (SSSR count). The number of anilines is 2. The van der Waals surface area contributed by atoms with Crippen LogP contribution in [0, 0.1) is 11.7 Å². The summed E-state index contributed by atoms with van der Waals surface area (Å²) in [6.07, 6.45) is 3.21. The monoisotopic (exact) mass is 455 g/mol. The number of nitrogens with one attached hydrogen (secondary N) is 1. The molecule has 0 spiro atoms. The first-order valence-corrected chi connectivity index (χ1v) is 11.7. The molecule has 0 bridgehead atoms. The lowest BCUT2D eigenvalue weighted by Crippen LogP contribution is -2.38. The minimum absolute atomic E-state index is 0.0294. The van der Waals surface area contributed by atoms with Gasteiger partial charge >= 0.3 is 5.97 Å². The number of thiazole rings is 1. The van der Waals surface area contributed by atoms with E-state index < -0.39 is 0 Å². The molecule has 32 heavy (non-hydrogen) atoms. The summed E-state index contributed by atoms with van der Waals surface area (Å²) in [7, 11) is 0. The minimum atomic E-state index is -0.349. The van der Waals surface area contributed by atoms with Gasteiger partial charge in [-0.25, -0.2) is 14.2 Å². The zero-order chi connectivity index (χ0) is 22.5. The van der Waals surface area contributed by atoms with Crippen molar-refractivity contribution >= 4 is 44.2 Å². The van der Waals surface area contributed by atoms with Crippen LogP contribution in [0.1, 0.15) is 43.0 Å². The van der Waals surface area contributed by atoms with Gasteiger partial charge in [0.25, 0.3) is 0 Å². The highest BCUT2D eigenvalue weighted by atomic mass is 32.1. The highest BCUT2D eigenvalue weighted by Crippen LogP contribution is 2.32. The topological polar surface area (TPSA) is 71.5 Å². The molecular weight excluding hydrogens is 429 g/mol. The highest BCUT2D eigenvalue weighted by molar-refractivity contribution is 7.22. The van der Waals surface area contributed by atoms with Gasteiger partial charge in [-0.05, 0) is 55.7 Å². The van der Waals surface area contributed by atoms with Crippen molar-refractivity contribution in [3.63, 3.8) is 0 Å². The average Bonchev–Trinajstić information content (AvgIpc) is 3.25. The number of carbonyl (C=O) groups excluding carboxylic acids is 2. The highest BCUT2D eigenvalue weighted by Gasteiger charge is 2.27. The molecule has 1 amide bonds. The molecule has 0 aliphatic carbocycles. The van der Waals surface area contributed by atoms with Crippen LogP contribution in [-0.4, -0.2) is 36.6 Å². The lowest BCUT2D eigenvalue weighted by Gasteiger charge is -2.31. The van der Waals surface area contributed by atoms with E-state index in [2.05, 4.69) is 15.2 Å². The van der Waals surface area contributed by atoms with Crippen molar-refractivity contribution in [3.8, 4) is 0 Å². The van der Waals surface area contributed by atoms with Gasteiger partial charge in [0.15, 0.2) is 5.13 Å². The molecule has 0 unspecified atom stereocenters. The summed E-state index contributed by atoms with van der Waals surface area (Å²) < 4.78 is 20.0. The third-order valence-electron chi connectivity index (χ3n) is 5.61. The fraction of sp³-hybridized carbons (Fsp3) is 0.375. The number of piperidine rings is 1. The van der Waals surface area contributed by atoms with E-state index in [1.807, 2.05) is 13.0 Å². The molecule has 1 aliphatic heterocycles. The van der Waals surface area contributed by atoms with Crippen LogP contribution < -0.4 is 10.2 Å². The Bertz CT molecular complexity index is 1090. The van der Waals surface area contributed by atoms with Gasteiger partial charge in [-0.3, -0.25) is 4.79 Å². The Morgan fingerprint density at radius 2 is 1.94 bits per heavy atom. The van der Waals surface area contributed by atoms with Crippen molar-refractivity contribution in [2.75, 3.05) is 29.9 Å². The molecule has 3 aromatic rings. The number of para-hydroxylation sites is 1. The van der Waals surface area contributed by atoms with Crippen molar-refractivity contribution in [1.82, 2.24) is 4.98 Å². The first-order valence-electron chi connectivity index (χ1n) is 10.9. The third kappa shape index (κ3) is 5.07. The number of fused-ring (bicyclic) bond motifs is 1. The summed E-state index contributed by atoms with van der Waals surface area (Å²) in [5, 5.41) is 3.74. The molecule has 0 radical (unpaired) electrons. The first-order chi connectivity index (χ1) is 15.5. The Morgan fingerprint density at radius 1 is 1.19 bits per heavy atom. The lowest BCUT2D eigenvalue weighted by molar-refractivity contribution is -0.120. The number of hydrogen-bond donors (Lipinski definition) is 1. The Hall–Kier alpha value is -3.00. The second kappa shape index (κ2) is 10.1. The standard InChI is InChI=1S/C24H26FN3O3S/c1-2-3-15-31-23(30)17-7-9-18(10-8-17)26-22(29)16-11-13-28(14-12-16)24-27-21-19(25)5-4-6-20(21)32-24/h4-10,16H,2-3,11-15H2,1H3,(H,26,29). The first kappa shape index (κ1) is 22.2. The molecule has 168 valence electrons. The van der Waals surface area contributed by atoms with Crippen molar-refractivity contribution in [1.29, 1.82) is 0 Å². The number of aromatic nitrogens is 1. The van der Waals surface area contributed by atoms with Gasteiger partial charge in [0, 0.05) is 24.7 Å². The van der Waals surface area contributed by atoms with Gasteiger partial charge in [0.05, 0.1) is 16.9 Å². The number of unbranched alkanes of at least 4 members (excludes halogenated alkanes) is 1. The van der Waals surface area contributed by atoms with Gasteiger partial charge in [-0.1, -0.05) is 30.7 Å². The Kier molecular flexibility index (Phi) is 6.99. The molecule has 1 fully saturated rings. The van der Waals surface area contributed by atoms with E-state index in [0.717, 1.165) is 22.7 Å². The van der Waals surface area contributed by atoms with E-state index in [4.69, 9.17) is 4.74 Å². The minimum Gasteiger partial charge on any atom is -0.462 e. The molecule has 1 saturated heterocycles. The number of ether oxygens (including phenoxy) is 1. The summed E-state index contributed by atoms with van der Waals surface area (Å²) in [5.41, 5.74) is 1.54. The summed E-state index contributed by atoms with van der Waals surface area (Å²) >= 11 is 1.48. The molecule has 1 N–H and O–H groups in total. The molecule has 1 aromatic heterocycles. The van der Waals surface area contributed by atoms with E-state index in [-0.39, 0.29) is 23.6 Å². The molecule has 6 nitrogen and oxygen atoms in total. The predicted molar refractivity (Wildman–Crippen MR) is 125 cm³/mol. The second-order valence-electron chi connectivity index (χ2n) is 7.90. The molecule has 8 heteroatoms. The molecule has 0 saturated carbocycles. The van der Waals surface area contributed by atoms with Crippen LogP contribution in [0.3, 0.4) is 0 Å². The van der Waals surface area contributed by atoms with Gasteiger partial charge in [0.2, 0.25) is 5.91 Å².